The topological polar surface area (TPSA) is 0 Å². The van der Waals surface area contributed by atoms with Gasteiger partial charge in [0.1, 0.15) is 6.17 Å². The Morgan fingerprint density at radius 2 is 1.89 bits per heavy atom. The van der Waals surface area contributed by atoms with E-state index in [1.165, 1.54) is 0 Å². The van der Waals surface area contributed by atoms with Crippen LogP contribution in [0.15, 0.2) is 0 Å². The van der Waals surface area contributed by atoms with Gasteiger partial charge in [0.05, 0.1) is 0 Å². The van der Waals surface area contributed by atoms with Crippen LogP contribution < -0.4 is 0 Å². The third-order valence-electron chi connectivity index (χ3n) is 1.25. The van der Waals surface area contributed by atoms with Crippen LogP contribution in [0, 0.1) is 6.42 Å². The fraction of sp³-hybridized carbons (Fsp3) is 0.800. The molecule has 0 aromatic heterocycles. The molecule has 0 aliphatic heterocycles. The Bertz CT molecular complexity index is 112. The lowest BCUT2D eigenvalue weighted by Gasteiger charge is -2.08. The third kappa shape index (κ3) is 1.17. The van der Waals surface area contributed by atoms with Crippen LogP contribution in [0.25, 0.3) is 0 Å². The lowest BCUT2D eigenvalue weighted by Crippen LogP contribution is -2.22. The molecule has 0 amide bonds. The minimum Gasteiger partial charge on any atom is -0.247 e. The highest BCUT2D eigenvalue weighted by molar-refractivity contribution is 5.03. The number of rotatable bonds is 0. The fourth-order valence-electron chi connectivity index (χ4n) is 0.765. The summed E-state index contributed by atoms with van der Waals surface area (Å²) < 4.78 is 47.7. The van der Waals surface area contributed by atoms with E-state index >= 15 is 0 Å². The van der Waals surface area contributed by atoms with Gasteiger partial charge in [-0.2, -0.15) is 0 Å². The van der Waals surface area contributed by atoms with Crippen LogP contribution >= 0.6 is 0 Å². The first-order valence-corrected chi connectivity index (χ1v) is 2.53. The molecule has 2 atom stereocenters. The molecule has 53 valence electrons. The molecule has 1 fully saturated rings. The monoisotopic (exact) mass is 141 g/mol. The number of halogens is 4. The van der Waals surface area contributed by atoms with Gasteiger partial charge in [-0.05, 0) is 0 Å². The summed E-state index contributed by atoms with van der Waals surface area (Å²) in [6, 6.07) is 0. The lowest BCUT2D eigenvalue weighted by atomic mass is 10.3. The van der Waals surface area contributed by atoms with E-state index in [1.54, 1.807) is 0 Å². The molecule has 0 N–H and O–H groups in total. The van der Waals surface area contributed by atoms with Gasteiger partial charge in [0.15, 0.2) is 6.17 Å². The second-order valence-corrected chi connectivity index (χ2v) is 2.08. The number of hydrogen-bond acceptors (Lipinski definition) is 0. The molecule has 0 heterocycles. The first kappa shape index (κ1) is 6.83. The summed E-state index contributed by atoms with van der Waals surface area (Å²) in [5.74, 6) is -3.47. The molecule has 0 bridgehead atoms. The van der Waals surface area contributed by atoms with E-state index < -0.39 is 24.7 Å². The summed E-state index contributed by atoms with van der Waals surface area (Å²) >= 11 is 0. The minimum absolute atomic E-state index is 0.389. The number of hydrogen-bond donors (Lipinski definition) is 0. The van der Waals surface area contributed by atoms with Gasteiger partial charge in [-0.1, -0.05) is 0 Å². The van der Waals surface area contributed by atoms with Crippen molar-refractivity contribution in [1.82, 2.24) is 0 Å². The van der Waals surface area contributed by atoms with Crippen LogP contribution in [0.2, 0.25) is 0 Å². The average molecular weight is 141 g/mol. The second-order valence-electron chi connectivity index (χ2n) is 2.08. The molecule has 0 saturated heterocycles. The van der Waals surface area contributed by atoms with Crippen molar-refractivity contribution in [1.29, 1.82) is 0 Å². The van der Waals surface area contributed by atoms with Crippen molar-refractivity contribution in [3.8, 4) is 0 Å². The molecule has 0 aromatic rings. The maximum absolute atomic E-state index is 11.9. The molecule has 0 spiro atoms. The quantitative estimate of drug-likeness (QED) is 0.452. The van der Waals surface area contributed by atoms with E-state index in [0.29, 0.717) is 6.42 Å². The summed E-state index contributed by atoms with van der Waals surface area (Å²) in [6.07, 6.45) is -4.80. The summed E-state index contributed by atoms with van der Waals surface area (Å²) in [5.41, 5.74) is 0. The highest BCUT2D eigenvalue weighted by atomic mass is 19.3. The Morgan fingerprint density at radius 1 is 1.33 bits per heavy atom. The van der Waals surface area contributed by atoms with Gasteiger partial charge in [-0.25, -0.2) is 17.6 Å². The molecule has 9 heavy (non-hydrogen) atoms. The van der Waals surface area contributed by atoms with Crippen LogP contribution in [-0.2, 0) is 0 Å². The Morgan fingerprint density at radius 3 is 2.00 bits per heavy atom. The molecule has 0 aromatic carbocycles. The summed E-state index contributed by atoms with van der Waals surface area (Å²) in [5, 5.41) is 0. The molecule has 2 unspecified atom stereocenters. The Balaban J connectivity index is 2.58. The van der Waals surface area contributed by atoms with Gasteiger partial charge in [-0.15, -0.1) is 0 Å². The van der Waals surface area contributed by atoms with Crippen molar-refractivity contribution in [3.05, 3.63) is 6.42 Å². The van der Waals surface area contributed by atoms with E-state index in [-0.39, 0.29) is 0 Å². The van der Waals surface area contributed by atoms with E-state index in [4.69, 9.17) is 0 Å². The van der Waals surface area contributed by atoms with Gasteiger partial charge >= 0.3 is 0 Å². The SMILES string of the molecule is FC1[CH]C(F)C(F)(F)C1. The predicted octanol–water partition coefficient (Wildman–Crippen LogP) is 1.91. The molecule has 4 heteroatoms. The average Bonchev–Trinajstić information content (AvgIpc) is 1.79. The molecule has 0 nitrogen and oxygen atoms in total. The zero-order chi connectivity index (χ0) is 7.07. The molecule has 1 rings (SSSR count). The van der Waals surface area contributed by atoms with Crippen LogP contribution in [0.1, 0.15) is 6.42 Å². The highest BCUT2D eigenvalue weighted by Gasteiger charge is 2.50. The van der Waals surface area contributed by atoms with Crippen molar-refractivity contribution < 1.29 is 17.6 Å². The first-order chi connectivity index (χ1) is 4.02. The molecule has 1 radical (unpaired) electrons. The predicted molar refractivity (Wildman–Crippen MR) is 23.7 cm³/mol. The van der Waals surface area contributed by atoms with Gasteiger partial charge in [-0.3, -0.25) is 0 Å². The molecule has 1 aliphatic carbocycles. The Kier molecular flexibility index (Phi) is 1.41. The maximum atomic E-state index is 11.9. The van der Waals surface area contributed by atoms with E-state index in [0.717, 1.165) is 0 Å². The summed E-state index contributed by atoms with van der Waals surface area (Å²) in [7, 11) is 0. The number of alkyl halides is 4. The molecular weight excluding hydrogens is 136 g/mol. The fourth-order valence-corrected chi connectivity index (χ4v) is 0.765. The zero-order valence-corrected chi connectivity index (χ0v) is 4.45. The van der Waals surface area contributed by atoms with Gasteiger partial charge in [0.2, 0.25) is 0 Å². The highest BCUT2D eigenvalue weighted by Crippen LogP contribution is 2.38. The molecular formula is C5H5F4. The van der Waals surface area contributed by atoms with Crippen LogP contribution in [0.5, 0.6) is 0 Å². The van der Waals surface area contributed by atoms with Crippen LogP contribution in [-0.4, -0.2) is 18.3 Å². The minimum atomic E-state index is -3.47. The Hall–Kier alpha value is -0.280. The Labute approximate surface area is 49.9 Å². The van der Waals surface area contributed by atoms with Crippen molar-refractivity contribution >= 4 is 0 Å². The maximum Gasteiger partial charge on any atom is 0.281 e. The van der Waals surface area contributed by atoms with Gasteiger partial charge in [0, 0.05) is 12.8 Å². The molecule has 1 aliphatic rings. The van der Waals surface area contributed by atoms with Crippen molar-refractivity contribution in [2.24, 2.45) is 0 Å². The third-order valence-corrected chi connectivity index (χ3v) is 1.25. The van der Waals surface area contributed by atoms with E-state index in [2.05, 4.69) is 0 Å². The van der Waals surface area contributed by atoms with Gasteiger partial charge < -0.3 is 0 Å². The largest absolute Gasteiger partial charge is 0.281 e. The van der Waals surface area contributed by atoms with Crippen LogP contribution in [0.3, 0.4) is 0 Å². The van der Waals surface area contributed by atoms with E-state index in [1.807, 2.05) is 0 Å². The molecule has 1 saturated carbocycles. The summed E-state index contributed by atoms with van der Waals surface area (Å²) in [4.78, 5) is 0. The lowest BCUT2D eigenvalue weighted by molar-refractivity contribution is -0.0467. The van der Waals surface area contributed by atoms with Crippen molar-refractivity contribution in [3.63, 3.8) is 0 Å². The van der Waals surface area contributed by atoms with Crippen LogP contribution in [0.4, 0.5) is 17.6 Å². The smallest absolute Gasteiger partial charge is 0.247 e. The van der Waals surface area contributed by atoms with Crippen molar-refractivity contribution in [2.75, 3.05) is 0 Å². The van der Waals surface area contributed by atoms with E-state index in [9.17, 15) is 17.6 Å². The second kappa shape index (κ2) is 1.85. The first-order valence-electron chi connectivity index (χ1n) is 2.53. The summed E-state index contributed by atoms with van der Waals surface area (Å²) in [6.45, 7) is 0. The van der Waals surface area contributed by atoms with Crippen molar-refractivity contribution in [2.45, 2.75) is 24.7 Å². The normalized spacial score (nSPS) is 41.3. The zero-order valence-electron chi connectivity index (χ0n) is 4.45. The van der Waals surface area contributed by atoms with Gasteiger partial charge in [0.25, 0.3) is 5.92 Å². The standard InChI is InChI=1S/C5H5F4/c6-3-1-4(7)5(8,9)2-3/h1,3-4H,2H2.